The number of amides is 1. The lowest BCUT2D eigenvalue weighted by molar-refractivity contribution is -0.132. The molecule has 1 aromatic carbocycles. The van der Waals surface area contributed by atoms with Gasteiger partial charge in [-0.2, -0.15) is 0 Å². The van der Waals surface area contributed by atoms with Crippen LogP contribution in [-0.4, -0.2) is 51.9 Å². The van der Waals surface area contributed by atoms with Crippen LogP contribution < -0.4 is 0 Å². The molecule has 0 N–H and O–H groups in total. The van der Waals surface area contributed by atoms with E-state index in [9.17, 15) is 4.79 Å². The SMILES string of the molecule is O=C(Cc1coc(-c2ccccc2)n1)N1CCN(Cc2cccnc2)CC1. The molecule has 27 heavy (non-hydrogen) atoms. The van der Waals surface area contributed by atoms with Crippen LogP contribution in [0.1, 0.15) is 11.3 Å². The second-order valence-corrected chi connectivity index (χ2v) is 6.71. The van der Waals surface area contributed by atoms with Crippen LogP contribution in [0.5, 0.6) is 0 Å². The summed E-state index contributed by atoms with van der Waals surface area (Å²) < 4.78 is 5.53. The van der Waals surface area contributed by atoms with E-state index in [1.165, 1.54) is 5.56 Å². The number of aromatic nitrogens is 2. The fourth-order valence-electron chi connectivity index (χ4n) is 3.27. The third-order valence-corrected chi connectivity index (χ3v) is 4.76. The van der Waals surface area contributed by atoms with Crippen LogP contribution >= 0.6 is 0 Å². The van der Waals surface area contributed by atoms with Crippen LogP contribution in [0, 0.1) is 0 Å². The molecule has 2 aromatic heterocycles. The van der Waals surface area contributed by atoms with Crippen LogP contribution in [0.2, 0.25) is 0 Å². The van der Waals surface area contributed by atoms with Gasteiger partial charge in [-0.15, -0.1) is 0 Å². The molecule has 0 atom stereocenters. The summed E-state index contributed by atoms with van der Waals surface area (Å²) in [5.41, 5.74) is 2.80. The van der Waals surface area contributed by atoms with Gasteiger partial charge in [0, 0.05) is 50.7 Å². The summed E-state index contributed by atoms with van der Waals surface area (Å²) in [6, 6.07) is 13.8. The molecule has 1 aliphatic heterocycles. The molecule has 0 aliphatic carbocycles. The van der Waals surface area contributed by atoms with E-state index in [0.29, 0.717) is 11.6 Å². The summed E-state index contributed by atoms with van der Waals surface area (Å²) in [6.45, 7) is 4.09. The summed E-state index contributed by atoms with van der Waals surface area (Å²) in [7, 11) is 0. The Morgan fingerprint density at radius 3 is 2.59 bits per heavy atom. The number of piperazine rings is 1. The van der Waals surface area contributed by atoms with Crippen LogP contribution in [0.3, 0.4) is 0 Å². The first-order valence-corrected chi connectivity index (χ1v) is 9.17. The summed E-state index contributed by atoms with van der Waals surface area (Å²) in [5, 5.41) is 0. The first-order chi connectivity index (χ1) is 13.3. The number of rotatable bonds is 5. The first-order valence-electron chi connectivity index (χ1n) is 9.17. The maximum absolute atomic E-state index is 12.6. The Labute approximate surface area is 158 Å². The molecule has 0 spiro atoms. The first kappa shape index (κ1) is 17.4. The zero-order valence-corrected chi connectivity index (χ0v) is 15.1. The normalized spacial score (nSPS) is 15.0. The van der Waals surface area contributed by atoms with Crippen LogP contribution in [0.15, 0.2) is 65.5 Å². The van der Waals surface area contributed by atoms with E-state index in [1.807, 2.05) is 47.5 Å². The molecule has 0 unspecified atom stereocenters. The van der Waals surface area contributed by atoms with E-state index in [1.54, 1.807) is 12.5 Å². The lowest BCUT2D eigenvalue weighted by Crippen LogP contribution is -2.48. The number of pyridine rings is 1. The van der Waals surface area contributed by atoms with Gasteiger partial charge >= 0.3 is 0 Å². The Kier molecular flexibility index (Phi) is 5.25. The molecule has 1 amide bonds. The predicted molar refractivity (Wildman–Crippen MR) is 102 cm³/mol. The van der Waals surface area contributed by atoms with Crippen molar-refractivity contribution in [2.24, 2.45) is 0 Å². The highest BCUT2D eigenvalue weighted by molar-refractivity contribution is 5.78. The standard InChI is InChI=1S/C21H22N4O2/c26-20(13-19-16-27-21(23-19)18-6-2-1-3-7-18)25-11-9-24(10-12-25)15-17-5-4-8-22-14-17/h1-8,14,16H,9-13,15H2. The third kappa shape index (κ3) is 4.41. The van der Waals surface area contributed by atoms with Gasteiger partial charge in [-0.3, -0.25) is 14.7 Å². The Hall–Kier alpha value is -2.99. The van der Waals surface area contributed by atoms with Gasteiger partial charge in [0.1, 0.15) is 6.26 Å². The van der Waals surface area contributed by atoms with Crippen molar-refractivity contribution in [2.75, 3.05) is 26.2 Å². The monoisotopic (exact) mass is 362 g/mol. The van der Waals surface area contributed by atoms with Gasteiger partial charge in [0.15, 0.2) is 0 Å². The summed E-state index contributed by atoms with van der Waals surface area (Å²) in [6.07, 6.45) is 5.54. The number of oxazole rings is 1. The third-order valence-electron chi connectivity index (χ3n) is 4.76. The van der Waals surface area contributed by atoms with E-state index >= 15 is 0 Å². The maximum atomic E-state index is 12.6. The fraction of sp³-hybridized carbons (Fsp3) is 0.286. The zero-order chi connectivity index (χ0) is 18.5. The number of hydrogen-bond acceptors (Lipinski definition) is 5. The van der Waals surface area contributed by atoms with E-state index in [0.717, 1.165) is 38.3 Å². The molecule has 0 radical (unpaired) electrons. The average molecular weight is 362 g/mol. The average Bonchev–Trinajstić information content (AvgIpc) is 3.18. The number of carbonyl (C=O) groups is 1. The van der Waals surface area contributed by atoms with Crippen molar-refractivity contribution in [2.45, 2.75) is 13.0 Å². The molecule has 1 aliphatic rings. The van der Waals surface area contributed by atoms with Crippen molar-refractivity contribution in [1.82, 2.24) is 19.8 Å². The Bertz CT molecular complexity index is 871. The number of hydrogen-bond donors (Lipinski definition) is 0. The lowest BCUT2D eigenvalue weighted by atomic mass is 10.2. The van der Waals surface area contributed by atoms with Gasteiger partial charge in [-0.05, 0) is 23.8 Å². The van der Waals surface area contributed by atoms with E-state index in [2.05, 4.69) is 20.9 Å². The maximum Gasteiger partial charge on any atom is 0.228 e. The topological polar surface area (TPSA) is 62.5 Å². The van der Waals surface area contributed by atoms with E-state index in [4.69, 9.17) is 4.42 Å². The van der Waals surface area contributed by atoms with Crippen molar-refractivity contribution in [3.05, 3.63) is 72.4 Å². The van der Waals surface area contributed by atoms with Crippen molar-refractivity contribution in [3.8, 4) is 11.5 Å². The second-order valence-electron chi connectivity index (χ2n) is 6.71. The summed E-state index contributed by atoms with van der Waals surface area (Å²) in [5.74, 6) is 0.656. The van der Waals surface area contributed by atoms with E-state index < -0.39 is 0 Å². The fourth-order valence-corrected chi connectivity index (χ4v) is 3.27. The largest absolute Gasteiger partial charge is 0.444 e. The molecule has 1 fully saturated rings. The Morgan fingerprint density at radius 1 is 1.04 bits per heavy atom. The molecule has 3 aromatic rings. The molecular formula is C21H22N4O2. The van der Waals surface area contributed by atoms with Gasteiger partial charge in [-0.25, -0.2) is 4.98 Å². The van der Waals surface area contributed by atoms with Crippen LogP contribution in [0.25, 0.3) is 11.5 Å². The smallest absolute Gasteiger partial charge is 0.228 e. The highest BCUT2D eigenvalue weighted by atomic mass is 16.3. The van der Waals surface area contributed by atoms with Crippen molar-refractivity contribution < 1.29 is 9.21 Å². The van der Waals surface area contributed by atoms with Gasteiger partial charge in [-0.1, -0.05) is 24.3 Å². The minimum Gasteiger partial charge on any atom is -0.444 e. The molecule has 6 nitrogen and oxygen atoms in total. The van der Waals surface area contributed by atoms with Crippen molar-refractivity contribution >= 4 is 5.91 Å². The predicted octanol–water partition coefficient (Wildman–Crippen LogP) is 2.62. The number of carbonyl (C=O) groups excluding carboxylic acids is 1. The van der Waals surface area contributed by atoms with Gasteiger partial charge < -0.3 is 9.32 Å². The lowest BCUT2D eigenvalue weighted by Gasteiger charge is -2.34. The number of nitrogens with zero attached hydrogens (tertiary/aromatic N) is 4. The molecule has 0 saturated carbocycles. The zero-order valence-electron chi connectivity index (χ0n) is 15.1. The Balaban J connectivity index is 1.29. The van der Waals surface area contributed by atoms with Crippen molar-refractivity contribution in [1.29, 1.82) is 0 Å². The molecular weight excluding hydrogens is 340 g/mol. The highest BCUT2D eigenvalue weighted by Crippen LogP contribution is 2.18. The van der Waals surface area contributed by atoms with Crippen LogP contribution in [-0.2, 0) is 17.8 Å². The van der Waals surface area contributed by atoms with Gasteiger partial charge in [0.2, 0.25) is 11.8 Å². The van der Waals surface area contributed by atoms with Crippen molar-refractivity contribution in [3.63, 3.8) is 0 Å². The molecule has 3 heterocycles. The minimum absolute atomic E-state index is 0.101. The molecule has 1 saturated heterocycles. The Morgan fingerprint density at radius 2 is 1.85 bits per heavy atom. The molecule has 6 heteroatoms. The van der Waals surface area contributed by atoms with Gasteiger partial charge in [0.05, 0.1) is 12.1 Å². The quantitative estimate of drug-likeness (QED) is 0.698. The summed E-state index contributed by atoms with van der Waals surface area (Å²) >= 11 is 0. The number of benzene rings is 1. The minimum atomic E-state index is 0.101. The highest BCUT2D eigenvalue weighted by Gasteiger charge is 2.22. The molecule has 0 bridgehead atoms. The van der Waals surface area contributed by atoms with E-state index in [-0.39, 0.29) is 12.3 Å². The van der Waals surface area contributed by atoms with Gasteiger partial charge in [0.25, 0.3) is 0 Å². The second kappa shape index (κ2) is 8.14. The summed E-state index contributed by atoms with van der Waals surface area (Å²) in [4.78, 5) is 25.5. The van der Waals surface area contributed by atoms with Crippen LogP contribution in [0.4, 0.5) is 0 Å². The molecule has 4 rings (SSSR count). The molecule has 138 valence electrons.